The molecular formula is C21H40ClNO4. The van der Waals surface area contributed by atoms with E-state index in [9.17, 15) is 9.59 Å². The lowest BCUT2D eigenvalue weighted by molar-refractivity contribution is -0.145. The van der Waals surface area contributed by atoms with Crippen LogP contribution in [0.5, 0.6) is 0 Å². The lowest BCUT2D eigenvalue weighted by Gasteiger charge is -2.13. The number of carbonyl (C=O) groups is 2. The number of hydrogen-bond acceptors (Lipinski definition) is 4. The van der Waals surface area contributed by atoms with Crippen LogP contribution in [0.25, 0.3) is 0 Å². The summed E-state index contributed by atoms with van der Waals surface area (Å²) in [5.74, 6) is -0.206. The molecule has 0 aromatic carbocycles. The van der Waals surface area contributed by atoms with Gasteiger partial charge in [0.1, 0.15) is 12.6 Å². The summed E-state index contributed by atoms with van der Waals surface area (Å²) in [5.41, 5.74) is 0. The highest BCUT2D eigenvalue weighted by Gasteiger charge is 2.17. The van der Waals surface area contributed by atoms with Crippen molar-refractivity contribution in [2.75, 3.05) is 19.1 Å². The van der Waals surface area contributed by atoms with Crippen molar-refractivity contribution < 1.29 is 19.1 Å². The number of alkyl halides is 1. The Morgan fingerprint density at radius 2 is 1.26 bits per heavy atom. The molecule has 0 aliphatic heterocycles. The average molecular weight is 406 g/mol. The van der Waals surface area contributed by atoms with Crippen LogP contribution in [0.2, 0.25) is 0 Å². The minimum absolute atomic E-state index is 0.119. The molecule has 160 valence electrons. The summed E-state index contributed by atoms with van der Waals surface area (Å²) in [6, 6.07) is -0.713. The second-order valence-corrected chi connectivity index (χ2v) is 7.48. The van der Waals surface area contributed by atoms with E-state index in [0.29, 0.717) is 6.61 Å². The molecule has 5 nitrogen and oxygen atoms in total. The van der Waals surface area contributed by atoms with Crippen molar-refractivity contribution in [1.82, 2.24) is 5.32 Å². The van der Waals surface area contributed by atoms with Gasteiger partial charge in [-0.3, -0.25) is 0 Å². The first-order chi connectivity index (χ1) is 13.1. The standard InChI is InChI=1S/C21H40ClNO4/c1-3-4-5-6-7-8-9-10-11-12-13-14-15-17-26-20(24)19(2)23-21(25)27-18-16-22/h19H,3-18H2,1-2H3,(H,23,25). The summed E-state index contributed by atoms with van der Waals surface area (Å²) < 4.78 is 9.92. The first-order valence-electron chi connectivity index (χ1n) is 10.8. The molecule has 1 atom stereocenters. The lowest BCUT2D eigenvalue weighted by Crippen LogP contribution is -2.40. The number of hydrogen-bond donors (Lipinski definition) is 1. The van der Waals surface area contributed by atoms with Gasteiger partial charge in [0.05, 0.1) is 12.5 Å². The molecule has 0 bridgehead atoms. The number of ether oxygens (including phenoxy) is 2. The summed E-state index contributed by atoms with van der Waals surface area (Å²) in [6.45, 7) is 4.35. The van der Waals surface area contributed by atoms with Gasteiger partial charge in [-0.05, 0) is 13.3 Å². The van der Waals surface area contributed by atoms with E-state index in [1.54, 1.807) is 6.92 Å². The van der Waals surface area contributed by atoms with E-state index in [1.165, 1.54) is 70.6 Å². The highest BCUT2D eigenvalue weighted by Crippen LogP contribution is 2.12. The smallest absolute Gasteiger partial charge is 0.407 e. The number of unbranched alkanes of at least 4 members (excludes halogenated alkanes) is 12. The van der Waals surface area contributed by atoms with Crippen molar-refractivity contribution in [2.45, 2.75) is 103 Å². The summed E-state index contributed by atoms with van der Waals surface area (Å²) in [7, 11) is 0. The van der Waals surface area contributed by atoms with Gasteiger partial charge >= 0.3 is 12.1 Å². The van der Waals surface area contributed by atoms with E-state index in [-0.39, 0.29) is 12.5 Å². The van der Waals surface area contributed by atoms with Crippen molar-refractivity contribution in [3.8, 4) is 0 Å². The van der Waals surface area contributed by atoms with Gasteiger partial charge in [-0.25, -0.2) is 9.59 Å². The summed E-state index contributed by atoms with van der Waals surface area (Å²) in [5, 5.41) is 2.42. The van der Waals surface area contributed by atoms with Crippen LogP contribution in [0.4, 0.5) is 4.79 Å². The van der Waals surface area contributed by atoms with E-state index in [4.69, 9.17) is 21.1 Å². The molecule has 0 saturated carbocycles. The SMILES string of the molecule is CCCCCCCCCCCCCCCOC(=O)C(C)NC(=O)OCCCl. The number of amides is 1. The van der Waals surface area contributed by atoms with Crippen LogP contribution in [-0.2, 0) is 14.3 Å². The molecule has 0 aromatic heterocycles. The van der Waals surface area contributed by atoms with Crippen molar-refractivity contribution in [3.05, 3.63) is 0 Å². The highest BCUT2D eigenvalue weighted by atomic mass is 35.5. The summed E-state index contributed by atoms with van der Waals surface area (Å²) >= 11 is 5.42. The maximum absolute atomic E-state index is 11.8. The third-order valence-corrected chi connectivity index (χ3v) is 4.64. The third-order valence-electron chi connectivity index (χ3n) is 4.49. The second-order valence-electron chi connectivity index (χ2n) is 7.10. The Morgan fingerprint density at radius 3 is 1.74 bits per heavy atom. The summed E-state index contributed by atoms with van der Waals surface area (Å²) in [4.78, 5) is 23.1. The number of esters is 1. The number of halogens is 1. The maximum atomic E-state index is 11.8. The molecule has 1 N–H and O–H groups in total. The molecule has 1 amide bonds. The molecule has 0 aromatic rings. The Morgan fingerprint density at radius 1 is 0.778 bits per heavy atom. The molecular weight excluding hydrogens is 366 g/mol. The van der Waals surface area contributed by atoms with Gasteiger partial charge in [-0.2, -0.15) is 0 Å². The molecule has 0 fully saturated rings. The predicted octanol–water partition coefficient (Wildman–Crippen LogP) is 5.97. The van der Waals surface area contributed by atoms with Crippen molar-refractivity contribution >= 4 is 23.7 Å². The van der Waals surface area contributed by atoms with Crippen molar-refractivity contribution in [1.29, 1.82) is 0 Å². The van der Waals surface area contributed by atoms with Crippen LogP contribution in [0.15, 0.2) is 0 Å². The zero-order valence-corrected chi connectivity index (χ0v) is 18.2. The normalized spacial score (nSPS) is 11.8. The van der Waals surface area contributed by atoms with Crippen molar-refractivity contribution in [3.63, 3.8) is 0 Å². The first kappa shape index (κ1) is 26.0. The second kappa shape index (κ2) is 19.8. The molecule has 0 saturated heterocycles. The molecule has 27 heavy (non-hydrogen) atoms. The Bertz CT molecular complexity index is 366. The Balaban J connectivity index is 3.36. The molecule has 0 spiro atoms. The molecule has 0 rings (SSSR count). The van der Waals surface area contributed by atoms with E-state index in [1.807, 2.05) is 0 Å². The van der Waals surface area contributed by atoms with Crippen LogP contribution in [0, 0.1) is 0 Å². The first-order valence-corrected chi connectivity index (χ1v) is 11.3. The molecule has 1 unspecified atom stereocenters. The average Bonchev–Trinajstić information content (AvgIpc) is 2.66. The Hall–Kier alpha value is -0.970. The third kappa shape index (κ3) is 18.2. The van der Waals surface area contributed by atoms with Gasteiger partial charge in [0.25, 0.3) is 0 Å². The quantitative estimate of drug-likeness (QED) is 0.173. The van der Waals surface area contributed by atoms with Gasteiger partial charge < -0.3 is 14.8 Å². The lowest BCUT2D eigenvalue weighted by atomic mass is 10.0. The van der Waals surface area contributed by atoms with E-state index in [0.717, 1.165) is 12.8 Å². The van der Waals surface area contributed by atoms with Crippen LogP contribution < -0.4 is 5.32 Å². The van der Waals surface area contributed by atoms with E-state index < -0.39 is 18.1 Å². The van der Waals surface area contributed by atoms with Gasteiger partial charge in [0.2, 0.25) is 0 Å². The maximum Gasteiger partial charge on any atom is 0.407 e. The van der Waals surface area contributed by atoms with E-state index >= 15 is 0 Å². The van der Waals surface area contributed by atoms with E-state index in [2.05, 4.69) is 12.2 Å². The number of rotatable bonds is 18. The minimum Gasteiger partial charge on any atom is -0.464 e. The number of alkyl carbamates (subject to hydrolysis) is 1. The zero-order valence-electron chi connectivity index (χ0n) is 17.4. The van der Waals surface area contributed by atoms with Gasteiger partial charge in [-0.15, -0.1) is 11.6 Å². The fraction of sp³-hybridized carbons (Fsp3) is 0.905. The zero-order chi connectivity index (χ0) is 20.2. The van der Waals surface area contributed by atoms with Crippen LogP contribution >= 0.6 is 11.6 Å². The van der Waals surface area contributed by atoms with Crippen LogP contribution in [0.1, 0.15) is 97.3 Å². The summed E-state index contributed by atoms with van der Waals surface area (Å²) in [6.07, 6.45) is 16.0. The predicted molar refractivity (Wildman–Crippen MR) is 111 cm³/mol. The Kier molecular flexibility index (Phi) is 19.1. The molecule has 0 aliphatic rings. The molecule has 0 radical (unpaired) electrons. The van der Waals surface area contributed by atoms with Crippen LogP contribution in [-0.4, -0.2) is 37.2 Å². The van der Waals surface area contributed by atoms with Crippen LogP contribution in [0.3, 0.4) is 0 Å². The number of nitrogens with one attached hydrogen (secondary N) is 1. The Labute approximate surface area is 170 Å². The molecule has 6 heteroatoms. The topological polar surface area (TPSA) is 64.6 Å². The molecule has 0 aliphatic carbocycles. The highest BCUT2D eigenvalue weighted by molar-refractivity contribution is 6.18. The fourth-order valence-electron chi connectivity index (χ4n) is 2.83. The minimum atomic E-state index is -0.713. The van der Waals surface area contributed by atoms with Crippen molar-refractivity contribution in [2.24, 2.45) is 0 Å². The van der Waals surface area contributed by atoms with Gasteiger partial charge in [0, 0.05) is 0 Å². The van der Waals surface area contributed by atoms with Gasteiger partial charge in [-0.1, -0.05) is 84.0 Å². The monoisotopic (exact) mass is 405 g/mol. The largest absolute Gasteiger partial charge is 0.464 e. The molecule has 0 heterocycles. The van der Waals surface area contributed by atoms with Gasteiger partial charge in [0.15, 0.2) is 0 Å². The fourth-order valence-corrected chi connectivity index (χ4v) is 2.90. The number of carbonyl (C=O) groups excluding carboxylic acids is 2.